The van der Waals surface area contributed by atoms with Crippen molar-refractivity contribution in [2.24, 2.45) is 23.7 Å². The molecule has 0 saturated heterocycles. The predicted octanol–water partition coefficient (Wildman–Crippen LogP) is 9.24. The van der Waals surface area contributed by atoms with E-state index in [1.54, 1.807) is 0 Å². The summed E-state index contributed by atoms with van der Waals surface area (Å²) < 4.78 is 0. The second-order valence-electron chi connectivity index (χ2n) is 10.1. The molecule has 1 aromatic carbocycles. The quantitative estimate of drug-likeness (QED) is 0.347. The number of aryl methyl sites for hydroxylation is 1. The standard InChI is InChI=1S/C29H46/c1-3-5-6-9-25-12-14-26(15-13-25)10-7-8-11-27-18-22-29(23-19-27)28-20-16-24(4-2)17-21-28/h7,10,12-15,24,27-29H,3-6,8-9,11,16-23H2,1-2H3. The van der Waals surface area contributed by atoms with Gasteiger partial charge >= 0.3 is 0 Å². The third kappa shape index (κ3) is 7.62. The molecule has 3 rings (SSSR count). The minimum absolute atomic E-state index is 0.990. The fraction of sp³-hybridized carbons (Fsp3) is 0.724. The lowest BCUT2D eigenvalue weighted by atomic mass is 9.68. The van der Waals surface area contributed by atoms with Crippen molar-refractivity contribution < 1.29 is 0 Å². The zero-order valence-corrected chi connectivity index (χ0v) is 19.4. The van der Waals surface area contributed by atoms with Crippen molar-refractivity contribution in [1.29, 1.82) is 0 Å². The summed E-state index contributed by atoms with van der Waals surface area (Å²) in [7, 11) is 0. The molecular formula is C29H46. The summed E-state index contributed by atoms with van der Waals surface area (Å²) in [6.07, 6.45) is 26.2. The van der Waals surface area contributed by atoms with Crippen molar-refractivity contribution in [1.82, 2.24) is 0 Å². The second-order valence-corrected chi connectivity index (χ2v) is 10.1. The van der Waals surface area contributed by atoms with Crippen LogP contribution in [0.15, 0.2) is 30.3 Å². The Balaban J connectivity index is 1.30. The number of hydrogen-bond acceptors (Lipinski definition) is 0. The van der Waals surface area contributed by atoms with Crippen LogP contribution in [0.2, 0.25) is 0 Å². The molecule has 2 aliphatic carbocycles. The lowest BCUT2D eigenvalue weighted by Gasteiger charge is -2.37. The van der Waals surface area contributed by atoms with Gasteiger partial charge < -0.3 is 0 Å². The van der Waals surface area contributed by atoms with Crippen molar-refractivity contribution in [2.75, 3.05) is 0 Å². The first-order chi connectivity index (χ1) is 14.3. The first-order valence-corrected chi connectivity index (χ1v) is 13.0. The lowest BCUT2D eigenvalue weighted by Crippen LogP contribution is -2.25. The highest BCUT2D eigenvalue weighted by Gasteiger charge is 2.30. The molecule has 0 heterocycles. The van der Waals surface area contributed by atoms with Crippen LogP contribution in [0.1, 0.15) is 115 Å². The SMILES string of the molecule is CCCCCc1ccc(C=CCCC2CCC(C3CCC(CC)CC3)CC2)cc1. The molecule has 0 N–H and O–H groups in total. The van der Waals surface area contributed by atoms with Gasteiger partial charge in [-0.15, -0.1) is 0 Å². The first-order valence-electron chi connectivity index (χ1n) is 13.0. The van der Waals surface area contributed by atoms with Crippen molar-refractivity contribution in [3.05, 3.63) is 41.5 Å². The summed E-state index contributed by atoms with van der Waals surface area (Å²) in [5.41, 5.74) is 2.87. The van der Waals surface area contributed by atoms with E-state index < -0.39 is 0 Å². The van der Waals surface area contributed by atoms with Crippen LogP contribution >= 0.6 is 0 Å². The van der Waals surface area contributed by atoms with Gasteiger partial charge in [0, 0.05) is 0 Å². The number of unbranched alkanes of at least 4 members (excludes halogenated alkanes) is 2. The summed E-state index contributed by atoms with van der Waals surface area (Å²) in [5.74, 6) is 4.18. The molecule has 0 radical (unpaired) electrons. The molecule has 0 aromatic heterocycles. The maximum Gasteiger partial charge on any atom is -0.0260 e. The van der Waals surface area contributed by atoms with Crippen LogP contribution < -0.4 is 0 Å². The first kappa shape index (κ1) is 22.6. The van der Waals surface area contributed by atoms with Crippen LogP contribution in [0.3, 0.4) is 0 Å². The fourth-order valence-corrected chi connectivity index (χ4v) is 5.94. The average molecular weight is 395 g/mol. The summed E-state index contributed by atoms with van der Waals surface area (Å²) in [6.45, 7) is 4.66. The average Bonchev–Trinajstić information content (AvgIpc) is 2.78. The summed E-state index contributed by atoms with van der Waals surface area (Å²) >= 11 is 0. The van der Waals surface area contributed by atoms with Gasteiger partial charge in [-0.25, -0.2) is 0 Å². The van der Waals surface area contributed by atoms with Gasteiger partial charge in [-0.05, 0) is 86.2 Å². The van der Waals surface area contributed by atoms with E-state index in [2.05, 4.69) is 50.3 Å². The molecule has 0 heteroatoms. The molecule has 0 amide bonds. The van der Waals surface area contributed by atoms with Crippen LogP contribution in [-0.2, 0) is 6.42 Å². The van der Waals surface area contributed by atoms with Gasteiger partial charge in [-0.3, -0.25) is 0 Å². The number of rotatable bonds is 10. The molecule has 2 fully saturated rings. The highest BCUT2D eigenvalue weighted by Crippen LogP contribution is 2.42. The van der Waals surface area contributed by atoms with Gasteiger partial charge in [-0.1, -0.05) is 95.2 Å². The number of allylic oxidation sites excluding steroid dienone is 1. The van der Waals surface area contributed by atoms with Gasteiger partial charge in [0.05, 0.1) is 0 Å². The van der Waals surface area contributed by atoms with Crippen LogP contribution in [-0.4, -0.2) is 0 Å². The van der Waals surface area contributed by atoms with Crippen molar-refractivity contribution in [2.45, 2.75) is 110 Å². The zero-order valence-electron chi connectivity index (χ0n) is 19.4. The van der Waals surface area contributed by atoms with E-state index in [0.717, 1.165) is 23.7 Å². The minimum Gasteiger partial charge on any atom is -0.0839 e. The van der Waals surface area contributed by atoms with Crippen LogP contribution in [0.4, 0.5) is 0 Å². The topological polar surface area (TPSA) is 0 Å². The Morgan fingerprint density at radius 1 is 0.759 bits per heavy atom. The Labute approximate surface area is 181 Å². The molecule has 0 spiro atoms. The van der Waals surface area contributed by atoms with Gasteiger partial charge in [-0.2, -0.15) is 0 Å². The van der Waals surface area contributed by atoms with E-state index >= 15 is 0 Å². The van der Waals surface area contributed by atoms with Gasteiger partial charge in [0.25, 0.3) is 0 Å². The molecule has 0 unspecified atom stereocenters. The van der Waals surface area contributed by atoms with Crippen molar-refractivity contribution in [3.63, 3.8) is 0 Å². The monoisotopic (exact) mass is 394 g/mol. The third-order valence-corrected chi connectivity index (χ3v) is 8.13. The Kier molecular flexibility index (Phi) is 9.84. The number of hydrogen-bond donors (Lipinski definition) is 0. The molecule has 29 heavy (non-hydrogen) atoms. The van der Waals surface area contributed by atoms with Crippen molar-refractivity contribution in [3.8, 4) is 0 Å². The van der Waals surface area contributed by atoms with E-state index in [-0.39, 0.29) is 0 Å². The molecule has 0 atom stereocenters. The van der Waals surface area contributed by atoms with E-state index in [4.69, 9.17) is 0 Å². The van der Waals surface area contributed by atoms with Crippen molar-refractivity contribution >= 4 is 6.08 Å². The van der Waals surface area contributed by atoms with E-state index in [1.807, 2.05) is 0 Å². The van der Waals surface area contributed by atoms with Gasteiger partial charge in [0.1, 0.15) is 0 Å². The molecule has 2 saturated carbocycles. The highest BCUT2D eigenvalue weighted by molar-refractivity contribution is 5.49. The minimum atomic E-state index is 0.990. The Hall–Kier alpha value is -1.04. The molecule has 0 bridgehead atoms. The Morgan fingerprint density at radius 2 is 1.38 bits per heavy atom. The van der Waals surface area contributed by atoms with E-state index in [9.17, 15) is 0 Å². The second kappa shape index (κ2) is 12.6. The normalized spacial score (nSPS) is 28.1. The molecule has 1 aromatic rings. The summed E-state index contributed by atoms with van der Waals surface area (Å²) in [5, 5.41) is 0. The van der Waals surface area contributed by atoms with Crippen LogP contribution in [0.25, 0.3) is 6.08 Å². The zero-order chi connectivity index (χ0) is 20.3. The molecule has 0 aliphatic heterocycles. The number of benzene rings is 1. The van der Waals surface area contributed by atoms with Crippen LogP contribution in [0, 0.1) is 23.7 Å². The predicted molar refractivity (Wildman–Crippen MR) is 129 cm³/mol. The lowest BCUT2D eigenvalue weighted by molar-refractivity contribution is 0.143. The smallest absolute Gasteiger partial charge is 0.0260 e. The maximum atomic E-state index is 2.42. The summed E-state index contributed by atoms with van der Waals surface area (Å²) in [4.78, 5) is 0. The fourth-order valence-electron chi connectivity index (χ4n) is 5.94. The molecular weight excluding hydrogens is 348 g/mol. The maximum absolute atomic E-state index is 2.42. The Morgan fingerprint density at radius 3 is 1.97 bits per heavy atom. The van der Waals surface area contributed by atoms with E-state index in [0.29, 0.717) is 0 Å². The highest BCUT2D eigenvalue weighted by atomic mass is 14.4. The largest absolute Gasteiger partial charge is 0.0839 e. The molecule has 162 valence electrons. The molecule has 2 aliphatic rings. The van der Waals surface area contributed by atoms with E-state index in [1.165, 1.54) is 107 Å². The summed E-state index contributed by atoms with van der Waals surface area (Å²) in [6, 6.07) is 9.25. The Bertz CT molecular complexity index is 565. The molecule has 0 nitrogen and oxygen atoms in total. The van der Waals surface area contributed by atoms with Gasteiger partial charge in [0.15, 0.2) is 0 Å². The third-order valence-electron chi connectivity index (χ3n) is 8.13. The van der Waals surface area contributed by atoms with Gasteiger partial charge in [0.2, 0.25) is 0 Å². The van der Waals surface area contributed by atoms with Crippen LogP contribution in [0.5, 0.6) is 0 Å².